The SMILES string of the molecule is Fc1c(F)c(-c2cc3c(c4ccccc24)CC3)c(F)c(F)c1-c1c(F)c(F)c([B-](c2c(F)c(F)c(-c3c(F)c(F)c(-c4cc5c(c6ccccc46)CC5)c(F)c3F)c(F)c2F)(c2c(F)c(F)c(-c3c(F)c(F)c(-c4cc5c(c6ccccc46)CC5)c(F)c3F)c(F)c2F)c2c(F)c(F)c(-c3c(F)c(F)c(-c4cc5c(c6ccccc46)CC5)c(F)c3F)c(F)c2F)c(F)c1F.[Li+]. The van der Waals surface area contributed by atoms with E-state index in [1.165, 1.54) is 72.8 Å². The molecular formula is C96H36BF32Li. The minimum Gasteiger partial charge on any atom is -0.207 e. The van der Waals surface area contributed by atoms with Gasteiger partial charge in [0.05, 0.1) is 66.8 Å². The number of aryl methyl sites for hydroxylation is 8. The predicted molar refractivity (Wildman–Crippen MR) is 412 cm³/mol. The summed E-state index contributed by atoms with van der Waals surface area (Å²) in [6.45, 7) is 0. The quantitative estimate of drug-likeness (QED) is 0.0650. The Labute approximate surface area is 719 Å². The molecule has 16 aromatic carbocycles. The van der Waals surface area contributed by atoms with Gasteiger partial charge >= 0.3 is 18.9 Å². The molecule has 0 bridgehead atoms. The second-order valence-corrected chi connectivity index (χ2v) is 31.5. The molecule has 16 aromatic rings. The van der Waals surface area contributed by atoms with Crippen LogP contribution in [-0.2, 0) is 51.4 Å². The van der Waals surface area contributed by atoms with Crippen molar-refractivity contribution in [3.05, 3.63) is 352 Å². The molecule has 0 nitrogen and oxygen atoms in total. The van der Waals surface area contributed by atoms with E-state index >= 15 is 140 Å². The average molecular weight is 1820 g/mol. The van der Waals surface area contributed by atoms with Crippen molar-refractivity contribution in [3.8, 4) is 89.0 Å². The van der Waals surface area contributed by atoms with Gasteiger partial charge < -0.3 is 0 Å². The number of benzene rings is 16. The van der Waals surface area contributed by atoms with Crippen LogP contribution in [0.2, 0.25) is 0 Å². The van der Waals surface area contributed by atoms with Crippen LogP contribution in [0.25, 0.3) is 132 Å². The maximum Gasteiger partial charge on any atom is 1.00 e. The molecule has 0 spiro atoms. The van der Waals surface area contributed by atoms with Gasteiger partial charge in [0.1, 0.15) is 52.7 Å². The average Bonchev–Trinajstić information content (AvgIpc) is 0.670. The Kier molecular flexibility index (Phi) is 20.1. The summed E-state index contributed by atoms with van der Waals surface area (Å²) < 4.78 is 573. The van der Waals surface area contributed by atoms with E-state index in [0.717, 1.165) is 48.5 Å². The minimum atomic E-state index is -8.56. The second-order valence-electron chi connectivity index (χ2n) is 31.5. The zero-order valence-electron chi connectivity index (χ0n) is 64.9. The molecule has 4 aliphatic carbocycles. The first-order chi connectivity index (χ1) is 61.4. The van der Waals surface area contributed by atoms with E-state index in [0.29, 0.717) is 22.3 Å². The largest absolute Gasteiger partial charge is 1.00 e. The number of rotatable bonds is 12. The molecule has 0 aromatic heterocycles. The fourth-order valence-corrected chi connectivity index (χ4v) is 19.4. The van der Waals surface area contributed by atoms with Crippen LogP contribution in [0.4, 0.5) is 140 Å². The number of fused-ring (bicyclic) bond motifs is 12. The molecule has 0 aliphatic heterocycles. The van der Waals surface area contributed by atoms with Crippen molar-refractivity contribution in [2.75, 3.05) is 0 Å². The van der Waals surface area contributed by atoms with E-state index in [9.17, 15) is 0 Å². The van der Waals surface area contributed by atoms with E-state index in [4.69, 9.17) is 0 Å². The zero-order valence-corrected chi connectivity index (χ0v) is 64.9. The molecule has 34 heteroatoms. The van der Waals surface area contributed by atoms with Crippen LogP contribution < -0.4 is 40.7 Å². The molecule has 4 aliphatic rings. The fourth-order valence-electron chi connectivity index (χ4n) is 19.4. The summed E-state index contributed by atoms with van der Waals surface area (Å²) in [5.41, 5.74) is -50.9. The molecule has 0 saturated carbocycles. The first kappa shape index (κ1) is 86.4. The molecule has 0 atom stereocenters. The van der Waals surface area contributed by atoms with Gasteiger partial charge in [0.2, 0.25) is 0 Å². The van der Waals surface area contributed by atoms with E-state index in [-0.39, 0.29) is 136 Å². The van der Waals surface area contributed by atoms with Crippen LogP contribution in [0, 0.1) is 186 Å². The van der Waals surface area contributed by atoms with Crippen molar-refractivity contribution in [1.29, 1.82) is 0 Å². The van der Waals surface area contributed by atoms with Gasteiger partial charge in [-0.05, 0) is 161 Å². The van der Waals surface area contributed by atoms with Crippen molar-refractivity contribution in [3.63, 3.8) is 0 Å². The molecule has 0 fully saturated rings. The first-order valence-electron chi connectivity index (χ1n) is 38.6. The third-order valence-electron chi connectivity index (χ3n) is 25.6. The Morgan fingerprint density at radius 1 is 0.146 bits per heavy atom. The Bertz CT molecular complexity index is 6820. The third kappa shape index (κ3) is 11.3. The van der Waals surface area contributed by atoms with Crippen molar-refractivity contribution < 1.29 is 159 Å². The van der Waals surface area contributed by atoms with Gasteiger partial charge in [-0.3, -0.25) is 0 Å². The van der Waals surface area contributed by atoms with Gasteiger partial charge in [-0.2, -0.15) is 0 Å². The summed E-state index contributed by atoms with van der Waals surface area (Å²) in [4.78, 5) is 0. The van der Waals surface area contributed by atoms with Crippen molar-refractivity contribution in [2.24, 2.45) is 0 Å². The maximum atomic E-state index is 19.0. The van der Waals surface area contributed by atoms with Crippen LogP contribution in [0.3, 0.4) is 0 Å². The van der Waals surface area contributed by atoms with Gasteiger partial charge in [0, 0.05) is 0 Å². The minimum absolute atomic E-state index is 0. The maximum absolute atomic E-state index is 19.0. The molecule has 0 heterocycles. The first-order valence-corrected chi connectivity index (χ1v) is 38.6. The van der Waals surface area contributed by atoms with Gasteiger partial charge in [-0.25, -0.2) is 140 Å². The van der Waals surface area contributed by atoms with Gasteiger partial charge in [0.25, 0.3) is 0 Å². The third-order valence-corrected chi connectivity index (χ3v) is 25.6. The summed E-state index contributed by atoms with van der Waals surface area (Å²) in [5.74, 6) is -116. The molecule has 0 saturated heterocycles. The zero-order chi connectivity index (χ0) is 91.6. The van der Waals surface area contributed by atoms with Crippen LogP contribution in [0.5, 0.6) is 0 Å². The molecule has 0 unspecified atom stereocenters. The number of hydrogen-bond donors (Lipinski definition) is 0. The van der Waals surface area contributed by atoms with Crippen LogP contribution >= 0.6 is 0 Å². The van der Waals surface area contributed by atoms with Crippen LogP contribution in [0.1, 0.15) is 44.5 Å². The summed E-state index contributed by atoms with van der Waals surface area (Å²) in [6.07, 6.45) is -7.10. The Morgan fingerprint density at radius 2 is 0.269 bits per heavy atom. The Balaban J connectivity index is 0.0000110. The van der Waals surface area contributed by atoms with Crippen molar-refractivity contribution in [1.82, 2.24) is 0 Å². The van der Waals surface area contributed by atoms with Gasteiger partial charge in [0.15, 0.2) is 140 Å². The molecule has 0 N–H and O–H groups in total. The fraction of sp³-hybridized carbons (Fsp3) is 0.0833. The summed E-state index contributed by atoms with van der Waals surface area (Å²) in [6, 6.07) is 23.7. The van der Waals surface area contributed by atoms with E-state index in [2.05, 4.69) is 0 Å². The number of halogens is 32. The number of hydrogen-bond acceptors (Lipinski definition) is 0. The Hall–Kier alpha value is -13.0. The van der Waals surface area contributed by atoms with E-state index in [1.54, 1.807) is 0 Å². The topological polar surface area (TPSA) is 0 Å². The van der Waals surface area contributed by atoms with Crippen molar-refractivity contribution >= 4 is 71.1 Å². The van der Waals surface area contributed by atoms with E-state index < -0.39 is 303 Å². The van der Waals surface area contributed by atoms with Crippen molar-refractivity contribution in [2.45, 2.75) is 51.4 Å². The predicted octanol–water partition coefficient (Wildman–Crippen LogP) is 22.9. The molecule has 0 radical (unpaired) electrons. The standard InChI is InChI=1S/C96H36BF32.Li/c98-65-49(45-25-29-17-21-33(29)37-9-1-5-13-41(37)45)66(99)74(107)53(73(65)106)57-81(114)89(122)61(90(123)82(57)115)97(62-91(124)83(116)58(84(117)92(62)125)54-75(108)67(100)50(68(101)76(54)109)46-26-30-18-22-34(30)38-10-2-6-14-42(38)46,63-93(126)85(118)59(86(119)94(63)127)55-77(110)69(102)51(70(103)78(55)111)47-27-31-19-23-35(31)39-11-3-7-15-43(39)47)64-95(128)87(120)60(88(121)96(64)129)56-79(112)71(104)52(72(105)80(56)113)48-28-32-20-24-36(32)40-12-4-8-16-44(40)48;/h1-16,25-28H,17-24H2;/q-1;+1. The summed E-state index contributed by atoms with van der Waals surface area (Å²) >= 11 is 0. The van der Waals surface area contributed by atoms with E-state index in [1.807, 2.05) is 0 Å². The molecule has 0 amide bonds. The molecular weight excluding hydrogens is 1780 g/mol. The second kappa shape index (κ2) is 30.3. The molecule has 20 rings (SSSR count). The van der Waals surface area contributed by atoms with Crippen LogP contribution in [0.15, 0.2) is 121 Å². The monoisotopic (exact) mass is 1810 g/mol. The van der Waals surface area contributed by atoms with Gasteiger partial charge in [-0.1, -0.05) is 121 Å². The summed E-state index contributed by atoms with van der Waals surface area (Å²) in [5, 5.41) is -0.506. The normalized spacial score (nSPS) is 13.2. The summed E-state index contributed by atoms with van der Waals surface area (Å²) in [7, 11) is 0. The van der Waals surface area contributed by atoms with Crippen LogP contribution in [-0.4, -0.2) is 6.15 Å². The molecule has 648 valence electrons. The molecule has 130 heavy (non-hydrogen) atoms. The van der Waals surface area contributed by atoms with Gasteiger partial charge in [-0.15, -0.1) is 21.9 Å². The smallest absolute Gasteiger partial charge is 0.207 e. The Morgan fingerprint density at radius 3 is 0.400 bits per heavy atom.